The van der Waals surface area contributed by atoms with Gasteiger partial charge in [-0.2, -0.15) is 0 Å². The van der Waals surface area contributed by atoms with Crippen molar-refractivity contribution in [1.29, 1.82) is 0 Å². The fraction of sp³-hybridized carbons (Fsp3) is 0.357. The van der Waals surface area contributed by atoms with E-state index in [-0.39, 0.29) is 0 Å². The molecule has 0 aliphatic heterocycles. The fourth-order valence-corrected chi connectivity index (χ4v) is 1.82. The van der Waals surface area contributed by atoms with Crippen molar-refractivity contribution in [3.63, 3.8) is 0 Å². The number of nitrogens with two attached hydrogens (primary N) is 1. The van der Waals surface area contributed by atoms with Crippen molar-refractivity contribution in [2.75, 3.05) is 12.3 Å². The molecule has 0 aliphatic rings. The van der Waals surface area contributed by atoms with E-state index in [1.165, 1.54) is 0 Å². The molecule has 1 aromatic carbocycles. The minimum Gasteiger partial charge on any atom is -0.398 e. The molecule has 2 N–H and O–H groups in total. The lowest BCUT2D eigenvalue weighted by atomic mass is 10.1. The maximum absolute atomic E-state index is 5.98. The van der Waals surface area contributed by atoms with Gasteiger partial charge in [-0.3, -0.25) is 0 Å². The zero-order valence-electron chi connectivity index (χ0n) is 10.7. The Morgan fingerprint density at radius 3 is 3.06 bits per heavy atom. The topological polar surface area (TPSA) is 53.1 Å². The van der Waals surface area contributed by atoms with Crippen molar-refractivity contribution in [2.24, 2.45) is 0 Å². The molecule has 0 saturated carbocycles. The average molecular weight is 245 g/mol. The number of anilines is 1. The van der Waals surface area contributed by atoms with Gasteiger partial charge >= 0.3 is 0 Å². The van der Waals surface area contributed by atoms with Gasteiger partial charge in [-0.25, -0.2) is 4.98 Å². The molecule has 4 nitrogen and oxygen atoms in total. The Hall–Kier alpha value is -1.81. The standard InChI is InChI=1S/C14H19N3O/c1-12-4-2-5-13(14(12)15)10-18-9-3-7-17-8-6-16-11-17/h2,4-6,8,11H,3,7,9-10,15H2,1H3. The lowest BCUT2D eigenvalue weighted by Crippen LogP contribution is -2.03. The van der Waals surface area contributed by atoms with E-state index >= 15 is 0 Å². The summed E-state index contributed by atoms with van der Waals surface area (Å²) in [5, 5.41) is 0. The van der Waals surface area contributed by atoms with Crippen LogP contribution in [0.3, 0.4) is 0 Å². The highest BCUT2D eigenvalue weighted by Crippen LogP contribution is 2.17. The SMILES string of the molecule is Cc1cccc(COCCCn2ccnc2)c1N. The summed E-state index contributed by atoms with van der Waals surface area (Å²) in [7, 11) is 0. The van der Waals surface area contributed by atoms with E-state index < -0.39 is 0 Å². The highest BCUT2D eigenvalue weighted by molar-refractivity contribution is 5.52. The molecule has 2 rings (SSSR count). The Bertz CT molecular complexity index is 480. The zero-order chi connectivity index (χ0) is 12.8. The second kappa shape index (κ2) is 6.21. The molecule has 0 saturated heterocycles. The molecular formula is C14H19N3O. The molecule has 96 valence electrons. The van der Waals surface area contributed by atoms with Crippen molar-refractivity contribution < 1.29 is 4.74 Å². The quantitative estimate of drug-likeness (QED) is 0.628. The smallest absolute Gasteiger partial charge is 0.0945 e. The first kappa shape index (κ1) is 12.6. The van der Waals surface area contributed by atoms with Gasteiger partial charge in [0.1, 0.15) is 0 Å². The van der Waals surface area contributed by atoms with Crippen molar-refractivity contribution >= 4 is 5.69 Å². The second-order valence-electron chi connectivity index (χ2n) is 4.35. The third kappa shape index (κ3) is 3.34. The first-order chi connectivity index (χ1) is 8.77. The van der Waals surface area contributed by atoms with Crippen molar-refractivity contribution in [3.05, 3.63) is 48.0 Å². The molecule has 18 heavy (non-hydrogen) atoms. The number of aromatic nitrogens is 2. The number of hydrogen-bond acceptors (Lipinski definition) is 3. The van der Waals surface area contributed by atoms with Crippen LogP contribution in [0.4, 0.5) is 5.69 Å². The van der Waals surface area contributed by atoms with Crippen molar-refractivity contribution in [3.8, 4) is 0 Å². The van der Waals surface area contributed by atoms with Crippen LogP contribution < -0.4 is 5.73 Å². The van der Waals surface area contributed by atoms with Gasteiger partial charge in [0.15, 0.2) is 0 Å². The summed E-state index contributed by atoms with van der Waals surface area (Å²) in [6, 6.07) is 6.03. The number of benzene rings is 1. The summed E-state index contributed by atoms with van der Waals surface area (Å²) in [5.74, 6) is 0. The predicted molar refractivity (Wildman–Crippen MR) is 72.1 cm³/mol. The van der Waals surface area contributed by atoms with Crippen LogP contribution in [-0.2, 0) is 17.9 Å². The number of nitrogen functional groups attached to an aromatic ring is 1. The number of hydrogen-bond donors (Lipinski definition) is 1. The molecule has 1 heterocycles. The van der Waals surface area contributed by atoms with Crippen LogP contribution in [0.1, 0.15) is 17.5 Å². The van der Waals surface area contributed by atoms with Gasteiger partial charge in [0.2, 0.25) is 0 Å². The molecule has 0 bridgehead atoms. The largest absolute Gasteiger partial charge is 0.398 e. The highest BCUT2D eigenvalue weighted by atomic mass is 16.5. The molecule has 0 spiro atoms. The van der Waals surface area contributed by atoms with Crippen LogP contribution in [0.15, 0.2) is 36.9 Å². The molecular weight excluding hydrogens is 226 g/mol. The summed E-state index contributed by atoms with van der Waals surface area (Å²) in [5.41, 5.74) is 9.00. The maximum Gasteiger partial charge on any atom is 0.0945 e. The van der Waals surface area contributed by atoms with Crippen LogP contribution in [0.2, 0.25) is 0 Å². The molecule has 0 fully saturated rings. The van der Waals surface area contributed by atoms with Gasteiger partial charge in [-0.15, -0.1) is 0 Å². The molecule has 0 atom stereocenters. The van der Waals surface area contributed by atoms with Crippen LogP contribution >= 0.6 is 0 Å². The number of rotatable bonds is 6. The number of para-hydroxylation sites is 1. The van der Waals surface area contributed by atoms with Crippen LogP contribution in [0, 0.1) is 6.92 Å². The van der Waals surface area contributed by atoms with E-state index in [1.54, 1.807) is 6.20 Å². The second-order valence-corrected chi connectivity index (χ2v) is 4.35. The van der Waals surface area contributed by atoms with Gasteiger partial charge < -0.3 is 15.0 Å². The number of aryl methyl sites for hydroxylation is 2. The van der Waals surface area contributed by atoms with Crippen LogP contribution in [-0.4, -0.2) is 16.2 Å². The van der Waals surface area contributed by atoms with Gasteiger partial charge in [-0.1, -0.05) is 18.2 Å². The third-order valence-electron chi connectivity index (χ3n) is 2.94. The van der Waals surface area contributed by atoms with E-state index in [4.69, 9.17) is 10.5 Å². The molecule has 0 amide bonds. The average Bonchev–Trinajstić information content (AvgIpc) is 2.87. The Kier molecular flexibility index (Phi) is 4.36. The Morgan fingerprint density at radius 1 is 1.39 bits per heavy atom. The number of imidazole rings is 1. The Morgan fingerprint density at radius 2 is 2.28 bits per heavy atom. The van der Waals surface area contributed by atoms with E-state index in [2.05, 4.69) is 4.98 Å². The van der Waals surface area contributed by atoms with Gasteiger partial charge in [-0.05, 0) is 18.9 Å². The van der Waals surface area contributed by atoms with Crippen LogP contribution in [0.5, 0.6) is 0 Å². The molecule has 0 aliphatic carbocycles. The summed E-state index contributed by atoms with van der Waals surface area (Å²) in [6.07, 6.45) is 6.54. The first-order valence-corrected chi connectivity index (χ1v) is 6.15. The van der Waals surface area contributed by atoms with E-state index in [0.29, 0.717) is 6.61 Å². The minimum atomic E-state index is 0.581. The number of ether oxygens (including phenoxy) is 1. The first-order valence-electron chi connectivity index (χ1n) is 6.15. The predicted octanol–water partition coefficient (Wildman–Crippen LogP) is 2.38. The van der Waals surface area contributed by atoms with Gasteiger partial charge in [0.25, 0.3) is 0 Å². The summed E-state index contributed by atoms with van der Waals surface area (Å²) >= 11 is 0. The van der Waals surface area contributed by atoms with E-state index in [9.17, 15) is 0 Å². The van der Waals surface area contributed by atoms with E-state index in [1.807, 2.05) is 42.2 Å². The summed E-state index contributed by atoms with van der Waals surface area (Å²) in [6.45, 7) is 4.25. The van der Waals surface area contributed by atoms with Gasteiger partial charge in [0.05, 0.1) is 12.9 Å². The Labute approximate surface area is 107 Å². The number of nitrogens with zero attached hydrogens (tertiary/aromatic N) is 2. The fourth-order valence-electron chi connectivity index (χ4n) is 1.82. The summed E-state index contributed by atoms with van der Waals surface area (Å²) in [4.78, 5) is 4.00. The van der Waals surface area contributed by atoms with Crippen LogP contribution in [0.25, 0.3) is 0 Å². The van der Waals surface area contributed by atoms with E-state index in [0.717, 1.165) is 36.4 Å². The highest BCUT2D eigenvalue weighted by Gasteiger charge is 2.01. The molecule has 0 radical (unpaired) electrons. The summed E-state index contributed by atoms with van der Waals surface area (Å²) < 4.78 is 7.69. The van der Waals surface area contributed by atoms with Crippen molar-refractivity contribution in [2.45, 2.75) is 26.5 Å². The monoisotopic (exact) mass is 245 g/mol. The lowest BCUT2D eigenvalue weighted by molar-refractivity contribution is 0.116. The Balaban J connectivity index is 1.70. The lowest BCUT2D eigenvalue weighted by Gasteiger charge is -2.09. The maximum atomic E-state index is 5.98. The molecule has 2 aromatic rings. The van der Waals surface area contributed by atoms with Gasteiger partial charge in [0, 0.05) is 36.8 Å². The van der Waals surface area contributed by atoms with Crippen molar-refractivity contribution in [1.82, 2.24) is 9.55 Å². The molecule has 1 aromatic heterocycles. The molecule has 4 heteroatoms. The zero-order valence-corrected chi connectivity index (χ0v) is 10.7. The minimum absolute atomic E-state index is 0.581. The molecule has 0 unspecified atom stereocenters. The third-order valence-corrected chi connectivity index (χ3v) is 2.94. The normalized spacial score (nSPS) is 10.7.